The molecule has 0 radical (unpaired) electrons. The largest absolute Gasteiger partial charge is 0.364 e. The van der Waals surface area contributed by atoms with E-state index in [1.807, 2.05) is 66.4 Å². The number of benzene rings is 2. The summed E-state index contributed by atoms with van der Waals surface area (Å²) >= 11 is 0. The van der Waals surface area contributed by atoms with Crippen molar-refractivity contribution in [3.05, 3.63) is 71.3 Å². The van der Waals surface area contributed by atoms with Crippen molar-refractivity contribution in [1.29, 1.82) is 0 Å². The van der Waals surface area contributed by atoms with Crippen molar-refractivity contribution < 1.29 is 14.3 Å². The molecule has 1 aliphatic heterocycles. The summed E-state index contributed by atoms with van der Waals surface area (Å²) in [7, 11) is 0. The first-order valence-electron chi connectivity index (χ1n) is 9.85. The molecule has 2 amide bonds. The monoisotopic (exact) mass is 380 g/mol. The molecule has 28 heavy (non-hydrogen) atoms. The van der Waals surface area contributed by atoms with Crippen molar-refractivity contribution >= 4 is 11.8 Å². The molecule has 1 unspecified atom stereocenters. The van der Waals surface area contributed by atoms with Crippen molar-refractivity contribution in [3.63, 3.8) is 0 Å². The Balaban J connectivity index is 1.44. The van der Waals surface area contributed by atoms with Crippen LogP contribution in [-0.2, 0) is 16.1 Å². The van der Waals surface area contributed by atoms with Gasteiger partial charge in [0, 0.05) is 24.7 Å². The molecule has 1 aliphatic rings. The quantitative estimate of drug-likeness (QED) is 0.836. The fraction of sp³-hybridized carbons (Fsp3) is 0.391. The van der Waals surface area contributed by atoms with Gasteiger partial charge in [-0.2, -0.15) is 0 Å². The van der Waals surface area contributed by atoms with E-state index in [-0.39, 0.29) is 17.9 Å². The highest BCUT2D eigenvalue weighted by molar-refractivity contribution is 5.95. The first-order valence-corrected chi connectivity index (χ1v) is 9.85. The van der Waals surface area contributed by atoms with Crippen LogP contribution in [0.5, 0.6) is 0 Å². The number of ether oxygens (including phenoxy) is 1. The summed E-state index contributed by atoms with van der Waals surface area (Å²) < 4.78 is 5.74. The molecule has 0 spiro atoms. The van der Waals surface area contributed by atoms with Crippen LogP contribution in [0.2, 0.25) is 0 Å². The molecular formula is C23H28N2O3. The van der Waals surface area contributed by atoms with E-state index in [2.05, 4.69) is 5.32 Å². The van der Waals surface area contributed by atoms with Gasteiger partial charge in [-0.05, 0) is 43.9 Å². The van der Waals surface area contributed by atoms with E-state index in [1.165, 1.54) is 0 Å². The highest BCUT2D eigenvalue weighted by Crippen LogP contribution is 2.15. The fourth-order valence-corrected chi connectivity index (χ4v) is 3.46. The number of likely N-dealkylation sites (tertiary alicyclic amines) is 1. The number of carbonyl (C=O) groups is 2. The van der Waals surface area contributed by atoms with Crippen LogP contribution in [0.25, 0.3) is 0 Å². The van der Waals surface area contributed by atoms with Gasteiger partial charge >= 0.3 is 0 Å². The molecule has 1 N–H and O–H groups in total. The summed E-state index contributed by atoms with van der Waals surface area (Å²) in [5, 5.41) is 3.10. The zero-order valence-electron chi connectivity index (χ0n) is 16.6. The molecule has 1 saturated heterocycles. The first kappa shape index (κ1) is 20.1. The predicted octanol–water partition coefficient (Wildman–Crippen LogP) is 3.32. The molecule has 2 aromatic carbocycles. The second kappa shape index (κ2) is 9.51. The number of aryl methyl sites for hydroxylation is 1. The summed E-state index contributed by atoms with van der Waals surface area (Å²) in [5.74, 6) is -0.0259. The Labute approximate surface area is 166 Å². The average Bonchev–Trinajstić information content (AvgIpc) is 2.73. The van der Waals surface area contributed by atoms with Gasteiger partial charge in [0.15, 0.2) is 0 Å². The molecule has 5 heteroatoms. The van der Waals surface area contributed by atoms with Crippen LogP contribution in [-0.4, -0.2) is 41.9 Å². The topological polar surface area (TPSA) is 58.6 Å². The minimum absolute atomic E-state index is 0.0135. The van der Waals surface area contributed by atoms with E-state index >= 15 is 0 Å². The molecule has 1 fully saturated rings. The van der Waals surface area contributed by atoms with Crippen molar-refractivity contribution in [2.75, 3.05) is 13.1 Å². The summed E-state index contributed by atoms with van der Waals surface area (Å²) in [4.78, 5) is 26.9. The molecule has 5 nitrogen and oxygen atoms in total. The zero-order valence-corrected chi connectivity index (χ0v) is 16.6. The molecule has 148 valence electrons. The Kier molecular flexibility index (Phi) is 6.82. The van der Waals surface area contributed by atoms with Crippen LogP contribution in [0, 0.1) is 6.92 Å². The number of nitrogens with zero attached hydrogens (tertiary/aromatic N) is 1. The second-order valence-corrected chi connectivity index (χ2v) is 7.33. The minimum Gasteiger partial charge on any atom is -0.364 e. The maximum Gasteiger partial charge on any atom is 0.251 e. The normalized spacial score (nSPS) is 15.9. The maximum absolute atomic E-state index is 12.6. The van der Waals surface area contributed by atoms with E-state index in [9.17, 15) is 9.59 Å². The molecule has 1 heterocycles. The molecule has 0 aliphatic carbocycles. The molecule has 0 aromatic heterocycles. The van der Waals surface area contributed by atoms with Crippen molar-refractivity contribution in [1.82, 2.24) is 10.2 Å². The number of hydrogen-bond donors (Lipinski definition) is 1. The van der Waals surface area contributed by atoms with Gasteiger partial charge in [-0.3, -0.25) is 9.59 Å². The molecule has 0 saturated carbocycles. The lowest BCUT2D eigenvalue weighted by molar-refractivity contribution is -0.144. The Morgan fingerprint density at radius 1 is 1.07 bits per heavy atom. The van der Waals surface area contributed by atoms with Crippen molar-refractivity contribution in [2.45, 2.75) is 45.4 Å². The van der Waals surface area contributed by atoms with Gasteiger partial charge < -0.3 is 15.0 Å². The standard InChI is InChI=1S/C23H28N2O3/c1-17-8-6-7-11-21(17)22(26)24-20-12-14-25(15-13-20)23(27)18(2)28-16-19-9-4-3-5-10-19/h3-11,18,20H,12-16H2,1-2H3,(H,24,26). The van der Waals surface area contributed by atoms with E-state index in [0.717, 1.165) is 24.0 Å². The molecule has 3 rings (SSSR count). The van der Waals surface area contributed by atoms with Crippen LogP contribution in [0.4, 0.5) is 0 Å². The van der Waals surface area contributed by atoms with Gasteiger partial charge in [-0.15, -0.1) is 0 Å². The van der Waals surface area contributed by atoms with Gasteiger partial charge in [0.2, 0.25) is 0 Å². The molecular weight excluding hydrogens is 352 g/mol. The number of nitrogens with one attached hydrogen (secondary N) is 1. The summed E-state index contributed by atoms with van der Waals surface area (Å²) in [6, 6.07) is 17.5. The lowest BCUT2D eigenvalue weighted by Gasteiger charge is -2.34. The SMILES string of the molecule is Cc1ccccc1C(=O)NC1CCN(C(=O)C(C)OCc2ccccc2)CC1. The zero-order chi connectivity index (χ0) is 19.9. The minimum atomic E-state index is -0.474. The Morgan fingerprint density at radius 3 is 2.39 bits per heavy atom. The summed E-state index contributed by atoms with van der Waals surface area (Å²) in [5.41, 5.74) is 2.74. The molecule has 0 bridgehead atoms. The lowest BCUT2D eigenvalue weighted by Crippen LogP contribution is -2.49. The summed E-state index contributed by atoms with van der Waals surface area (Å²) in [6.07, 6.45) is 1.04. The van der Waals surface area contributed by atoms with Crippen molar-refractivity contribution in [3.8, 4) is 0 Å². The Hall–Kier alpha value is -2.66. The smallest absolute Gasteiger partial charge is 0.251 e. The molecule has 2 aromatic rings. The number of carbonyl (C=O) groups excluding carboxylic acids is 2. The third-order valence-corrected chi connectivity index (χ3v) is 5.22. The van der Waals surface area contributed by atoms with Gasteiger partial charge in [0.25, 0.3) is 11.8 Å². The fourth-order valence-electron chi connectivity index (χ4n) is 3.46. The van der Waals surface area contributed by atoms with E-state index in [0.29, 0.717) is 25.3 Å². The Morgan fingerprint density at radius 2 is 1.71 bits per heavy atom. The van der Waals surface area contributed by atoms with E-state index < -0.39 is 6.10 Å². The first-order chi connectivity index (χ1) is 13.5. The Bertz CT molecular complexity index is 799. The highest BCUT2D eigenvalue weighted by Gasteiger charge is 2.27. The van der Waals surface area contributed by atoms with Gasteiger partial charge in [-0.25, -0.2) is 0 Å². The van der Waals surface area contributed by atoms with Crippen LogP contribution in [0.1, 0.15) is 41.3 Å². The molecule has 1 atom stereocenters. The summed E-state index contributed by atoms with van der Waals surface area (Å²) in [6.45, 7) is 5.44. The van der Waals surface area contributed by atoms with Crippen molar-refractivity contribution in [2.24, 2.45) is 0 Å². The number of rotatable bonds is 6. The predicted molar refractivity (Wildman–Crippen MR) is 109 cm³/mol. The van der Waals surface area contributed by atoms with Gasteiger partial charge in [-0.1, -0.05) is 48.5 Å². The number of hydrogen-bond acceptors (Lipinski definition) is 3. The average molecular weight is 380 g/mol. The van der Waals surface area contributed by atoms with Gasteiger partial charge in [0.05, 0.1) is 6.61 Å². The van der Waals surface area contributed by atoms with Crippen LogP contribution in [0.3, 0.4) is 0 Å². The third-order valence-electron chi connectivity index (χ3n) is 5.22. The van der Waals surface area contributed by atoms with Crippen LogP contribution >= 0.6 is 0 Å². The number of piperidine rings is 1. The number of amides is 2. The second-order valence-electron chi connectivity index (χ2n) is 7.33. The highest BCUT2D eigenvalue weighted by atomic mass is 16.5. The van der Waals surface area contributed by atoms with Crippen LogP contribution < -0.4 is 5.32 Å². The van der Waals surface area contributed by atoms with Crippen LogP contribution in [0.15, 0.2) is 54.6 Å². The maximum atomic E-state index is 12.6. The lowest BCUT2D eigenvalue weighted by atomic mass is 10.0. The van der Waals surface area contributed by atoms with E-state index in [4.69, 9.17) is 4.74 Å². The third kappa shape index (κ3) is 5.20. The van der Waals surface area contributed by atoms with Gasteiger partial charge in [0.1, 0.15) is 6.10 Å². The van der Waals surface area contributed by atoms with E-state index in [1.54, 1.807) is 6.92 Å².